The number of hydrogen-bond acceptors (Lipinski definition) is 2. The summed E-state index contributed by atoms with van der Waals surface area (Å²) in [6.45, 7) is 10.1. The SMILES string of the molecule is CC.CC.Cc1csc2cccnc12. The molecule has 14 heavy (non-hydrogen) atoms. The fourth-order valence-corrected chi connectivity index (χ4v) is 1.89. The molecule has 0 aliphatic rings. The molecule has 0 radical (unpaired) electrons. The lowest BCUT2D eigenvalue weighted by Crippen LogP contribution is -1.71. The van der Waals surface area contributed by atoms with Crippen LogP contribution in [-0.4, -0.2) is 4.98 Å². The zero-order chi connectivity index (χ0) is 11.0. The first-order valence-electron chi connectivity index (χ1n) is 5.17. The molecule has 0 amide bonds. The Morgan fingerprint density at radius 3 is 2.36 bits per heavy atom. The minimum atomic E-state index is 1.15. The average Bonchev–Trinajstić information content (AvgIpc) is 2.67. The first-order valence-corrected chi connectivity index (χ1v) is 6.05. The largest absolute Gasteiger partial charge is 0.255 e. The lowest BCUT2D eigenvalue weighted by atomic mass is 10.3. The Hall–Kier alpha value is -0.890. The molecule has 78 valence electrons. The van der Waals surface area contributed by atoms with Gasteiger partial charge in [0, 0.05) is 6.20 Å². The summed E-state index contributed by atoms with van der Waals surface area (Å²) in [4.78, 5) is 4.25. The van der Waals surface area contributed by atoms with Crippen LogP contribution in [0.1, 0.15) is 33.3 Å². The minimum absolute atomic E-state index is 1.15. The molecule has 2 rings (SSSR count). The monoisotopic (exact) mass is 209 g/mol. The molecule has 0 unspecified atom stereocenters. The van der Waals surface area contributed by atoms with E-state index in [4.69, 9.17) is 0 Å². The number of fused-ring (bicyclic) bond motifs is 1. The molecule has 0 aromatic carbocycles. The van der Waals surface area contributed by atoms with E-state index >= 15 is 0 Å². The van der Waals surface area contributed by atoms with Crippen molar-refractivity contribution >= 4 is 21.6 Å². The normalized spacial score (nSPS) is 8.36. The van der Waals surface area contributed by atoms with E-state index in [0.717, 1.165) is 5.52 Å². The van der Waals surface area contributed by atoms with Gasteiger partial charge >= 0.3 is 0 Å². The van der Waals surface area contributed by atoms with Crippen LogP contribution in [0.4, 0.5) is 0 Å². The summed E-state index contributed by atoms with van der Waals surface area (Å²) < 4.78 is 1.28. The molecule has 0 aliphatic carbocycles. The number of nitrogens with zero attached hydrogens (tertiary/aromatic N) is 1. The van der Waals surface area contributed by atoms with E-state index in [9.17, 15) is 0 Å². The van der Waals surface area contributed by atoms with Gasteiger partial charge in [-0.1, -0.05) is 27.7 Å². The fourth-order valence-electron chi connectivity index (χ4n) is 0.989. The van der Waals surface area contributed by atoms with Crippen molar-refractivity contribution in [2.24, 2.45) is 0 Å². The highest BCUT2D eigenvalue weighted by atomic mass is 32.1. The van der Waals surface area contributed by atoms with Gasteiger partial charge in [-0.15, -0.1) is 11.3 Å². The topological polar surface area (TPSA) is 12.9 Å². The summed E-state index contributed by atoms with van der Waals surface area (Å²) in [5, 5.41) is 2.14. The van der Waals surface area contributed by atoms with Crippen molar-refractivity contribution in [2.75, 3.05) is 0 Å². The smallest absolute Gasteiger partial charge is 0.0838 e. The molecule has 0 atom stereocenters. The van der Waals surface area contributed by atoms with Gasteiger partial charge in [-0.05, 0) is 30.0 Å². The molecule has 0 spiro atoms. The summed E-state index contributed by atoms with van der Waals surface area (Å²) in [7, 11) is 0. The Kier molecular flexibility index (Phi) is 7.03. The van der Waals surface area contributed by atoms with Gasteiger partial charge in [0.05, 0.1) is 10.2 Å². The third kappa shape index (κ3) is 3.11. The summed E-state index contributed by atoms with van der Waals surface area (Å²) >= 11 is 1.75. The number of hydrogen-bond donors (Lipinski definition) is 0. The molecular weight excluding hydrogens is 190 g/mol. The number of rotatable bonds is 0. The van der Waals surface area contributed by atoms with Gasteiger partial charge in [0.25, 0.3) is 0 Å². The van der Waals surface area contributed by atoms with Crippen molar-refractivity contribution in [3.05, 3.63) is 29.3 Å². The van der Waals surface area contributed by atoms with E-state index in [1.165, 1.54) is 10.3 Å². The van der Waals surface area contributed by atoms with E-state index in [1.807, 2.05) is 40.0 Å². The maximum Gasteiger partial charge on any atom is 0.0838 e. The third-order valence-electron chi connectivity index (χ3n) is 1.51. The minimum Gasteiger partial charge on any atom is -0.255 e. The molecule has 0 saturated carbocycles. The van der Waals surface area contributed by atoms with Crippen molar-refractivity contribution in [3.8, 4) is 0 Å². The Morgan fingerprint density at radius 1 is 1.14 bits per heavy atom. The first-order chi connectivity index (χ1) is 6.88. The van der Waals surface area contributed by atoms with Crippen LogP contribution in [0.3, 0.4) is 0 Å². The average molecular weight is 209 g/mol. The third-order valence-corrected chi connectivity index (χ3v) is 2.56. The van der Waals surface area contributed by atoms with Crippen molar-refractivity contribution in [1.29, 1.82) is 0 Å². The van der Waals surface area contributed by atoms with Crippen molar-refractivity contribution in [1.82, 2.24) is 4.98 Å². The Bertz CT molecular complexity index is 352. The molecule has 0 bridgehead atoms. The van der Waals surface area contributed by atoms with Gasteiger partial charge in [0.1, 0.15) is 0 Å². The van der Waals surface area contributed by atoms with Crippen LogP contribution in [0.25, 0.3) is 10.2 Å². The van der Waals surface area contributed by atoms with E-state index in [0.29, 0.717) is 0 Å². The number of pyridine rings is 1. The van der Waals surface area contributed by atoms with Crippen LogP contribution in [0.2, 0.25) is 0 Å². The van der Waals surface area contributed by atoms with Gasteiger partial charge in [0.2, 0.25) is 0 Å². The molecule has 0 N–H and O–H groups in total. The number of aromatic nitrogens is 1. The number of aryl methyl sites for hydroxylation is 1. The molecule has 1 nitrogen and oxygen atoms in total. The van der Waals surface area contributed by atoms with E-state index in [1.54, 1.807) is 11.3 Å². The second-order valence-corrected chi connectivity index (χ2v) is 3.18. The Labute approximate surface area is 90.8 Å². The molecule has 0 saturated heterocycles. The molecule has 2 aromatic rings. The highest BCUT2D eigenvalue weighted by molar-refractivity contribution is 7.17. The summed E-state index contributed by atoms with van der Waals surface area (Å²) in [6, 6.07) is 4.07. The number of thiophene rings is 1. The van der Waals surface area contributed by atoms with Crippen LogP contribution in [-0.2, 0) is 0 Å². The van der Waals surface area contributed by atoms with Gasteiger partial charge in [-0.25, -0.2) is 0 Å². The summed E-state index contributed by atoms with van der Waals surface area (Å²) in [5.74, 6) is 0. The summed E-state index contributed by atoms with van der Waals surface area (Å²) in [6.07, 6.45) is 1.84. The van der Waals surface area contributed by atoms with Crippen molar-refractivity contribution < 1.29 is 0 Å². The zero-order valence-corrected chi connectivity index (χ0v) is 10.5. The van der Waals surface area contributed by atoms with Crippen LogP contribution >= 0.6 is 11.3 Å². The Balaban J connectivity index is 0.000000379. The van der Waals surface area contributed by atoms with Crippen molar-refractivity contribution in [2.45, 2.75) is 34.6 Å². The lowest BCUT2D eigenvalue weighted by molar-refractivity contribution is 1.39. The predicted octanol–water partition coefficient (Wildman–Crippen LogP) is 4.66. The second kappa shape index (κ2) is 7.51. The van der Waals surface area contributed by atoms with Crippen molar-refractivity contribution in [3.63, 3.8) is 0 Å². The lowest BCUT2D eigenvalue weighted by Gasteiger charge is -1.86. The highest BCUT2D eigenvalue weighted by Crippen LogP contribution is 2.21. The fraction of sp³-hybridized carbons (Fsp3) is 0.417. The zero-order valence-electron chi connectivity index (χ0n) is 9.66. The molecule has 0 aliphatic heterocycles. The van der Waals surface area contributed by atoms with Gasteiger partial charge in [-0.3, -0.25) is 4.98 Å². The molecular formula is C12H19NS. The van der Waals surface area contributed by atoms with E-state index < -0.39 is 0 Å². The quantitative estimate of drug-likeness (QED) is 0.615. The molecule has 2 heterocycles. The van der Waals surface area contributed by atoms with Gasteiger partial charge in [0.15, 0.2) is 0 Å². The molecule has 0 fully saturated rings. The highest BCUT2D eigenvalue weighted by Gasteiger charge is 1.97. The van der Waals surface area contributed by atoms with Crippen LogP contribution < -0.4 is 0 Å². The Morgan fingerprint density at radius 2 is 1.79 bits per heavy atom. The van der Waals surface area contributed by atoms with Crippen LogP contribution in [0.15, 0.2) is 23.7 Å². The molecule has 2 aromatic heterocycles. The maximum atomic E-state index is 4.25. The standard InChI is InChI=1S/C8H7NS.2C2H6/c1-6-5-10-7-3-2-4-9-8(6)7;2*1-2/h2-5H,1H3;2*1-2H3. The maximum absolute atomic E-state index is 4.25. The van der Waals surface area contributed by atoms with Crippen LogP contribution in [0, 0.1) is 6.92 Å². The van der Waals surface area contributed by atoms with E-state index in [-0.39, 0.29) is 0 Å². The molecule has 2 heteroatoms. The first kappa shape index (κ1) is 13.1. The second-order valence-electron chi connectivity index (χ2n) is 2.27. The van der Waals surface area contributed by atoms with E-state index in [2.05, 4.69) is 23.4 Å². The summed E-state index contributed by atoms with van der Waals surface area (Å²) in [5.41, 5.74) is 2.42. The van der Waals surface area contributed by atoms with Gasteiger partial charge < -0.3 is 0 Å². The van der Waals surface area contributed by atoms with Crippen LogP contribution in [0.5, 0.6) is 0 Å². The predicted molar refractivity (Wildman–Crippen MR) is 67.1 cm³/mol. The van der Waals surface area contributed by atoms with Gasteiger partial charge in [-0.2, -0.15) is 0 Å².